The second kappa shape index (κ2) is 9.91. The Bertz CT molecular complexity index is 1610. The van der Waals surface area contributed by atoms with Gasteiger partial charge in [-0.3, -0.25) is 0 Å². The zero-order valence-electron chi connectivity index (χ0n) is 21.4. The van der Waals surface area contributed by atoms with Crippen molar-refractivity contribution in [3.8, 4) is 11.5 Å². The molecule has 0 bridgehead atoms. The first-order valence-corrected chi connectivity index (χ1v) is 12.9. The standard InChI is InChI=1S/C36H29NO/c1-26(27-15-7-3-8-16-27)32-23-31(38-30-21-13-6-14-22-30)24-33-34(28-17-9-4-10-18-28)25-36(2,37-35(32)33)29-19-11-5-12-20-29/h3-25,37H,1H2,2H3. The second-order valence-corrected chi connectivity index (χ2v) is 9.77. The van der Waals surface area contributed by atoms with Crippen LogP contribution in [-0.4, -0.2) is 0 Å². The fourth-order valence-corrected chi connectivity index (χ4v) is 5.14. The Kier molecular flexibility index (Phi) is 6.15. The highest BCUT2D eigenvalue weighted by atomic mass is 16.5. The molecule has 6 rings (SSSR count). The monoisotopic (exact) mass is 491 g/mol. The molecule has 0 aliphatic carbocycles. The molecular weight excluding hydrogens is 462 g/mol. The van der Waals surface area contributed by atoms with Gasteiger partial charge in [0.2, 0.25) is 0 Å². The number of hydrogen-bond acceptors (Lipinski definition) is 2. The van der Waals surface area contributed by atoms with E-state index in [2.05, 4.69) is 110 Å². The maximum atomic E-state index is 6.40. The van der Waals surface area contributed by atoms with Gasteiger partial charge in [-0.15, -0.1) is 0 Å². The van der Waals surface area contributed by atoms with Crippen molar-refractivity contribution in [2.75, 3.05) is 5.32 Å². The molecule has 0 fully saturated rings. The number of rotatable bonds is 6. The van der Waals surface area contributed by atoms with Crippen LogP contribution >= 0.6 is 0 Å². The first kappa shape index (κ1) is 23.6. The Morgan fingerprint density at radius 1 is 0.684 bits per heavy atom. The van der Waals surface area contributed by atoms with Gasteiger partial charge in [0.15, 0.2) is 0 Å². The fourth-order valence-electron chi connectivity index (χ4n) is 5.14. The van der Waals surface area contributed by atoms with Gasteiger partial charge >= 0.3 is 0 Å². The molecule has 5 aromatic carbocycles. The van der Waals surface area contributed by atoms with Gasteiger partial charge in [-0.25, -0.2) is 0 Å². The lowest BCUT2D eigenvalue weighted by molar-refractivity contribution is 0.482. The minimum Gasteiger partial charge on any atom is -0.457 e. The van der Waals surface area contributed by atoms with Crippen molar-refractivity contribution in [3.05, 3.63) is 174 Å². The van der Waals surface area contributed by atoms with E-state index in [4.69, 9.17) is 4.74 Å². The predicted octanol–water partition coefficient (Wildman–Crippen LogP) is 9.31. The smallest absolute Gasteiger partial charge is 0.128 e. The van der Waals surface area contributed by atoms with Crippen molar-refractivity contribution in [1.82, 2.24) is 0 Å². The normalized spacial score (nSPS) is 16.1. The highest BCUT2D eigenvalue weighted by Gasteiger charge is 2.33. The number of benzene rings is 5. The summed E-state index contributed by atoms with van der Waals surface area (Å²) < 4.78 is 6.40. The maximum Gasteiger partial charge on any atom is 0.128 e. The van der Waals surface area contributed by atoms with Gasteiger partial charge < -0.3 is 10.1 Å². The molecule has 1 N–H and O–H groups in total. The molecule has 1 unspecified atom stereocenters. The van der Waals surface area contributed by atoms with E-state index in [0.717, 1.165) is 50.6 Å². The second-order valence-electron chi connectivity index (χ2n) is 9.77. The topological polar surface area (TPSA) is 21.3 Å². The molecule has 0 amide bonds. The molecular formula is C36H29NO. The molecule has 2 nitrogen and oxygen atoms in total. The Morgan fingerprint density at radius 2 is 1.26 bits per heavy atom. The maximum absolute atomic E-state index is 6.40. The van der Waals surface area contributed by atoms with Crippen LogP contribution < -0.4 is 10.1 Å². The van der Waals surface area contributed by atoms with E-state index in [1.54, 1.807) is 0 Å². The summed E-state index contributed by atoms with van der Waals surface area (Å²) in [6.07, 6.45) is 2.33. The first-order chi connectivity index (χ1) is 18.6. The Morgan fingerprint density at radius 3 is 1.92 bits per heavy atom. The largest absolute Gasteiger partial charge is 0.457 e. The first-order valence-electron chi connectivity index (χ1n) is 12.9. The van der Waals surface area contributed by atoms with Gasteiger partial charge in [0.1, 0.15) is 11.5 Å². The third-order valence-electron chi connectivity index (χ3n) is 7.10. The van der Waals surface area contributed by atoms with Gasteiger partial charge in [-0.2, -0.15) is 0 Å². The van der Waals surface area contributed by atoms with Gasteiger partial charge in [0, 0.05) is 11.1 Å². The van der Waals surface area contributed by atoms with Gasteiger partial charge in [0.25, 0.3) is 0 Å². The van der Waals surface area contributed by atoms with Crippen LogP contribution in [0.3, 0.4) is 0 Å². The number of ether oxygens (including phenoxy) is 1. The quantitative estimate of drug-likeness (QED) is 0.255. The fraction of sp³-hybridized carbons (Fsp3) is 0.0556. The lowest BCUT2D eigenvalue weighted by Gasteiger charge is -2.37. The van der Waals surface area contributed by atoms with Crippen LogP contribution in [0.15, 0.2) is 146 Å². The molecule has 0 aromatic heterocycles. The van der Waals surface area contributed by atoms with E-state index in [0.29, 0.717) is 0 Å². The highest BCUT2D eigenvalue weighted by Crippen LogP contribution is 2.47. The van der Waals surface area contributed by atoms with Crippen molar-refractivity contribution in [1.29, 1.82) is 0 Å². The average molecular weight is 492 g/mol. The van der Waals surface area contributed by atoms with E-state index < -0.39 is 5.54 Å². The predicted molar refractivity (Wildman–Crippen MR) is 158 cm³/mol. The van der Waals surface area contributed by atoms with Gasteiger partial charge in [0.05, 0.1) is 11.2 Å². The Balaban J connectivity index is 1.59. The third kappa shape index (κ3) is 4.53. The third-order valence-corrected chi connectivity index (χ3v) is 7.10. The summed E-state index contributed by atoms with van der Waals surface area (Å²) >= 11 is 0. The van der Waals surface area contributed by atoms with Crippen LogP contribution in [0.4, 0.5) is 5.69 Å². The summed E-state index contributed by atoms with van der Waals surface area (Å²) in [6.45, 7) is 6.79. The summed E-state index contributed by atoms with van der Waals surface area (Å²) in [5, 5.41) is 3.91. The minimum atomic E-state index is -0.424. The molecule has 0 spiro atoms. The van der Waals surface area contributed by atoms with E-state index in [1.807, 2.05) is 48.5 Å². The molecule has 1 aliphatic rings. The Labute approximate surface area is 224 Å². The number of anilines is 1. The highest BCUT2D eigenvalue weighted by molar-refractivity contribution is 5.97. The Hall–Kier alpha value is -4.82. The van der Waals surface area contributed by atoms with E-state index in [-0.39, 0.29) is 0 Å². The zero-order chi connectivity index (χ0) is 26.0. The molecule has 38 heavy (non-hydrogen) atoms. The van der Waals surface area contributed by atoms with Gasteiger partial charge in [-0.1, -0.05) is 116 Å². The lowest BCUT2D eigenvalue weighted by Crippen LogP contribution is -2.33. The van der Waals surface area contributed by atoms with Crippen LogP contribution in [0.2, 0.25) is 0 Å². The van der Waals surface area contributed by atoms with Crippen molar-refractivity contribution in [3.63, 3.8) is 0 Å². The summed E-state index contributed by atoms with van der Waals surface area (Å²) in [5.41, 5.74) is 8.26. The van der Waals surface area contributed by atoms with Crippen LogP contribution in [0.25, 0.3) is 11.1 Å². The van der Waals surface area contributed by atoms with Crippen LogP contribution in [0.1, 0.15) is 34.7 Å². The van der Waals surface area contributed by atoms with Crippen molar-refractivity contribution < 1.29 is 4.74 Å². The van der Waals surface area contributed by atoms with E-state index in [1.165, 1.54) is 5.56 Å². The van der Waals surface area contributed by atoms with E-state index in [9.17, 15) is 0 Å². The van der Waals surface area contributed by atoms with Crippen LogP contribution in [0, 0.1) is 0 Å². The SMILES string of the molecule is C=C(c1ccccc1)c1cc(Oc2ccccc2)cc2c1NC(C)(c1ccccc1)C=C2c1ccccc1. The number of fused-ring (bicyclic) bond motifs is 1. The molecule has 1 aliphatic heterocycles. The molecule has 1 atom stereocenters. The average Bonchev–Trinajstić information content (AvgIpc) is 2.98. The number of nitrogens with one attached hydrogen (secondary N) is 1. The number of para-hydroxylation sites is 1. The molecule has 0 saturated heterocycles. The van der Waals surface area contributed by atoms with Crippen molar-refractivity contribution in [2.24, 2.45) is 0 Å². The summed E-state index contributed by atoms with van der Waals surface area (Å²) in [7, 11) is 0. The zero-order valence-corrected chi connectivity index (χ0v) is 21.4. The summed E-state index contributed by atoms with van der Waals surface area (Å²) in [4.78, 5) is 0. The molecule has 184 valence electrons. The summed E-state index contributed by atoms with van der Waals surface area (Å²) in [5.74, 6) is 1.57. The van der Waals surface area contributed by atoms with Gasteiger partial charge in [-0.05, 0) is 65.1 Å². The lowest BCUT2D eigenvalue weighted by atomic mass is 9.80. The molecule has 2 heteroatoms. The molecule has 5 aromatic rings. The van der Waals surface area contributed by atoms with Crippen molar-refractivity contribution in [2.45, 2.75) is 12.5 Å². The van der Waals surface area contributed by atoms with Crippen LogP contribution in [0.5, 0.6) is 11.5 Å². The molecule has 0 radical (unpaired) electrons. The minimum absolute atomic E-state index is 0.424. The molecule has 1 heterocycles. The van der Waals surface area contributed by atoms with E-state index >= 15 is 0 Å². The number of hydrogen-bond donors (Lipinski definition) is 1. The molecule has 0 saturated carbocycles. The van der Waals surface area contributed by atoms with Crippen LogP contribution in [-0.2, 0) is 5.54 Å². The van der Waals surface area contributed by atoms with Crippen molar-refractivity contribution >= 4 is 16.8 Å². The summed E-state index contributed by atoms with van der Waals surface area (Å²) in [6, 6.07) is 45.7.